The second-order valence-electron chi connectivity index (χ2n) is 16.4. The first-order valence-electron chi connectivity index (χ1n) is 22.3. The van der Waals surface area contributed by atoms with E-state index in [1.54, 1.807) is 6.92 Å². The van der Waals surface area contributed by atoms with Crippen LogP contribution >= 0.6 is 0 Å². The van der Waals surface area contributed by atoms with Gasteiger partial charge in [0, 0.05) is 38.2 Å². The van der Waals surface area contributed by atoms with E-state index in [1.165, 1.54) is 6.92 Å². The molecule has 0 saturated carbocycles. The highest BCUT2D eigenvalue weighted by molar-refractivity contribution is 5.86. The average molecular weight is 954 g/mol. The number of carbonyl (C=O) groups excluding carboxylic acids is 3. The number of hydrogen-bond donors (Lipinski definition) is 10. The van der Waals surface area contributed by atoms with Gasteiger partial charge in [0.1, 0.15) is 54.9 Å². The van der Waals surface area contributed by atoms with Gasteiger partial charge in [0.2, 0.25) is 5.91 Å². The van der Waals surface area contributed by atoms with Crippen LogP contribution in [0.2, 0.25) is 0 Å². The van der Waals surface area contributed by atoms with Crippen LogP contribution in [0.15, 0.2) is 58.3 Å². The van der Waals surface area contributed by atoms with E-state index in [4.69, 9.17) is 40.3 Å². The summed E-state index contributed by atoms with van der Waals surface area (Å²) in [6.07, 6.45) is -2.41. The van der Waals surface area contributed by atoms with Crippen molar-refractivity contribution >= 4 is 29.8 Å². The number of carboxylic acids is 2. The van der Waals surface area contributed by atoms with E-state index in [0.717, 1.165) is 42.5 Å². The summed E-state index contributed by atoms with van der Waals surface area (Å²) < 4.78 is 29.3. The van der Waals surface area contributed by atoms with Gasteiger partial charge in [-0.2, -0.15) is 0 Å². The Morgan fingerprint density at radius 3 is 2.03 bits per heavy atom. The third kappa shape index (κ3) is 17.2. The number of ether oxygens (including phenoxy) is 5. The zero-order valence-electron chi connectivity index (χ0n) is 37.9. The molecule has 0 bridgehead atoms. The number of rotatable bonds is 29. The Morgan fingerprint density at radius 2 is 1.48 bits per heavy atom. The molecule has 67 heavy (non-hydrogen) atoms. The number of nitrogens with two attached hydrogens (primary N) is 2. The molecule has 0 aliphatic carbocycles. The van der Waals surface area contributed by atoms with Crippen LogP contribution in [0, 0.1) is 11.8 Å². The van der Waals surface area contributed by atoms with Crippen molar-refractivity contribution in [2.75, 3.05) is 13.1 Å². The zero-order chi connectivity index (χ0) is 49.8. The number of amides is 1. The Morgan fingerprint density at radius 1 is 0.851 bits per heavy atom. The van der Waals surface area contributed by atoms with Gasteiger partial charge in [-0.3, -0.25) is 33.5 Å². The van der Waals surface area contributed by atoms with Gasteiger partial charge in [0.25, 0.3) is 5.56 Å². The number of nitrogens with one attached hydrogen (secondary N) is 2. The molecule has 1 aromatic rings. The fourth-order valence-corrected chi connectivity index (χ4v) is 7.58. The summed E-state index contributed by atoms with van der Waals surface area (Å²) >= 11 is 0. The molecule has 14 unspecified atom stereocenters. The van der Waals surface area contributed by atoms with E-state index in [2.05, 4.69) is 23.5 Å². The number of hydrogen-bond acceptors (Lipinski definition) is 18. The summed E-state index contributed by atoms with van der Waals surface area (Å²) in [6, 6.07) is -1.08. The van der Waals surface area contributed by atoms with Gasteiger partial charge in [0.05, 0.1) is 12.3 Å². The van der Waals surface area contributed by atoms with Crippen molar-refractivity contribution in [2.24, 2.45) is 23.3 Å². The molecule has 0 aromatic carbocycles. The zero-order valence-corrected chi connectivity index (χ0v) is 37.9. The number of aliphatic hydroxyl groups is 4. The van der Waals surface area contributed by atoms with Crippen molar-refractivity contribution in [1.29, 1.82) is 0 Å². The fourth-order valence-electron chi connectivity index (χ4n) is 7.58. The summed E-state index contributed by atoms with van der Waals surface area (Å²) in [4.78, 5) is 90.7. The lowest BCUT2D eigenvalue weighted by molar-refractivity contribution is -0.232. The van der Waals surface area contributed by atoms with Crippen molar-refractivity contribution in [1.82, 2.24) is 14.9 Å². The van der Waals surface area contributed by atoms with E-state index in [1.807, 2.05) is 30.1 Å². The molecule has 376 valence electrons. The molecule has 14 atom stereocenters. The maximum absolute atomic E-state index is 14.2. The highest BCUT2D eigenvalue weighted by Crippen LogP contribution is 2.36. The predicted octanol–water partition coefficient (Wildman–Crippen LogP) is -0.756. The first-order valence-corrected chi connectivity index (χ1v) is 22.3. The summed E-state index contributed by atoms with van der Waals surface area (Å²) in [5.41, 5.74) is 9.76. The Hall–Kier alpha value is -5.11. The van der Waals surface area contributed by atoms with Crippen LogP contribution in [0.4, 0.5) is 0 Å². The molecule has 2 saturated heterocycles. The third-order valence-electron chi connectivity index (χ3n) is 11.1. The van der Waals surface area contributed by atoms with Crippen molar-refractivity contribution in [3.8, 4) is 0 Å². The van der Waals surface area contributed by atoms with Crippen molar-refractivity contribution in [2.45, 2.75) is 158 Å². The van der Waals surface area contributed by atoms with E-state index in [0.29, 0.717) is 6.42 Å². The molecule has 2 aliphatic heterocycles. The van der Waals surface area contributed by atoms with Gasteiger partial charge in [0.15, 0.2) is 18.6 Å². The molecule has 0 spiro atoms. The van der Waals surface area contributed by atoms with Crippen LogP contribution in [-0.4, -0.2) is 150 Å². The van der Waals surface area contributed by atoms with Crippen molar-refractivity contribution in [3.63, 3.8) is 0 Å². The number of aliphatic hydroxyl groups excluding tert-OH is 4. The minimum Gasteiger partial charge on any atom is -0.481 e. The van der Waals surface area contributed by atoms with Crippen molar-refractivity contribution < 1.29 is 78.3 Å². The maximum Gasteiger partial charge on any atom is 0.330 e. The minimum absolute atomic E-state index is 0.139. The number of nitrogens with zero attached hydrogens (tertiary/aromatic N) is 1. The standard InChI is InChI=1S/C44H67N5O18/c1-4-6-7-8-9-10-11-12-13-14-15-16-25(63-31(53)20-24(3)19-30(51)52)21-32(54)64-27(22-45)33(42(60)61)48-40(59)26(5-2)38(67-43-37(58)34(55)28(23-46)65-43)39-35(56)36(57)41(66-39)49-18-17-29(50)47-44(49)62/h4,6,9-10,13-14,17-18,24-28,33-39,41,43,55-58H,5,7-8,11-12,15-16,19-23,45-46H2,1-3H3,(H,48,59)(H,51,52)(H,60,61)(H,47,50,62). The lowest BCUT2D eigenvalue weighted by Gasteiger charge is -2.35. The van der Waals surface area contributed by atoms with E-state index < -0.39 is 139 Å². The molecule has 2 aliphatic rings. The Bertz CT molecular complexity index is 1970. The number of esters is 2. The average Bonchev–Trinajstić information content (AvgIpc) is 3.71. The van der Waals surface area contributed by atoms with E-state index in [-0.39, 0.29) is 32.2 Å². The summed E-state index contributed by atoms with van der Waals surface area (Å²) in [5.74, 6) is -7.86. The number of allylic oxidation sites excluding steroid dienone is 6. The molecular formula is C44H67N5O18. The van der Waals surface area contributed by atoms with E-state index in [9.17, 15) is 59.1 Å². The van der Waals surface area contributed by atoms with Crippen LogP contribution < -0.4 is 28.0 Å². The number of aliphatic carboxylic acids is 2. The Balaban J connectivity index is 1.82. The van der Waals surface area contributed by atoms with Gasteiger partial charge in [-0.1, -0.05) is 50.3 Å². The molecule has 3 rings (SSSR count). The normalized spacial score (nSPS) is 25.7. The smallest absolute Gasteiger partial charge is 0.330 e. The quantitative estimate of drug-likeness (QED) is 0.0268. The highest BCUT2D eigenvalue weighted by atomic mass is 16.7. The Labute approximate surface area is 386 Å². The monoisotopic (exact) mass is 953 g/mol. The topological polar surface area (TPSA) is 372 Å². The number of aromatic nitrogens is 2. The van der Waals surface area contributed by atoms with Gasteiger partial charge in [-0.05, 0) is 57.8 Å². The summed E-state index contributed by atoms with van der Waals surface area (Å²) in [7, 11) is 0. The molecule has 1 amide bonds. The van der Waals surface area contributed by atoms with Crippen LogP contribution in [0.25, 0.3) is 0 Å². The molecular weight excluding hydrogens is 887 g/mol. The predicted molar refractivity (Wildman–Crippen MR) is 235 cm³/mol. The maximum atomic E-state index is 14.2. The van der Waals surface area contributed by atoms with Crippen LogP contribution in [0.1, 0.15) is 91.2 Å². The highest BCUT2D eigenvalue weighted by Gasteiger charge is 2.54. The lowest BCUT2D eigenvalue weighted by Crippen LogP contribution is -2.57. The van der Waals surface area contributed by atoms with E-state index >= 15 is 0 Å². The first kappa shape index (κ1) is 56.2. The van der Waals surface area contributed by atoms with Gasteiger partial charge in [-0.15, -0.1) is 0 Å². The number of unbranched alkanes of at least 4 members (excludes halogenated alkanes) is 2. The largest absolute Gasteiger partial charge is 0.481 e. The fraction of sp³-hybridized carbons (Fsp3) is 0.659. The van der Waals surface area contributed by atoms with Crippen LogP contribution in [0.3, 0.4) is 0 Å². The number of carbonyl (C=O) groups is 5. The number of carboxylic acid groups (broad SMARTS) is 2. The van der Waals surface area contributed by atoms with Gasteiger partial charge >= 0.3 is 29.6 Å². The molecule has 1 aromatic heterocycles. The first-order chi connectivity index (χ1) is 31.9. The minimum atomic E-state index is -2.03. The third-order valence-corrected chi connectivity index (χ3v) is 11.1. The van der Waals surface area contributed by atoms with Crippen molar-refractivity contribution in [3.05, 3.63) is 69.6 Å². The molecule has 2 fully saturated rings. The lowest BCUT2D eigenvalue weighted by atomic mass is 9.90. The SMILES string of the molecule is CC=CCCC=CCCC=CCCC(CC(=O)OC(CN)C(NC(=O)C(CC)C(OC1OC(CN)C(O)C1O)C1OC(n2ccc(=O)[nH]c2=O)C(O)C1O)C(=O)O)OC(=O)CC(C)CC(=O)O. The number of H-pyrrole nitrogens is 1. The summed E-state index contributed by atoms with van der Waals surface area (Å²) in [5, 5.41) is 65.4. The molecule has 12 N–H and O–H groups in total. The molecule has 23 nitrogen and oxygen atoms in total. The molecule has 3 heterocycles. The summed E-state index contributed by atoms with van der Waals surface area (Å²) in [6.45, 7) is 4.05. The Kier molecular flexibility index (Phi) is 23.7. The molecule has 23 heteroatoms. The van der Waals surface area contributed by atoms with Gasteiger partial charge in [-0.25, -0.2) is 9.59 Å². The van der Waals surface area contributed by atoms with Crippen LogP contribution in [0.5, 0.6) is 0 Å². The molecule has 0 radical (unpaired) electrons. The second-order valence-corrected chi connectivity index (χ2v) is 16.4. The second kappa shape index (κ2) is 28.3. The van der Waals surface area contributed by atoms with Gasteiger partial charge < -0.3 is 71.1 Å². The van der Waals surface area contributed by atoms with Crippen LogP contribution in [-0.2, 0) is 47.7 Å². The number of aromatic amines is 1.